The van der Waals surface area contributed by atoms with Gasteiger partial charge in [-0.1, -0.05) is 37.3 Å². The van der Waals surface area contributed by atoms with E-state index >= 15 is 0 Å². The first kappa shape index (κ1) is 25.8. The highest BCUT2D eigenvalue weighted by Crippen LogP contribution is 2.30. The third kappa shape index (κ3) is 5.13. The smallest absolute Gasteiger partial charge is 0.261 e. The second-order valence-electron chi connectivity index (χ2n) is 9.23. The molecule has 3 heterocycles. The van der Waals surface area contributed by atoms with Crippen LogP contribution >= 0.6 is 0 Å². The summed E-state index contributed by atoms with van der Waals surface area (Å²) in [4.78, 5) is 23.6. The highest BCUT2D eigenvalue weighted by atomic mass is 32.2. The summed E-state index contributed by atoms with van der Waals surface area (Å²) in [6.07, 6.45) is 3.90. The maximum absolute atomic E-state index is 13.6. The summed E-state index contributed by atoms with van der Waals surface area (Å²) in [5.74, 6) is -0.417. The van der Waals surface area contributed by atoms with E-state index in [1.165, 1.54) is 23.9 Å². The molecule has 3 atom stereocenters. The highest BCUT2D eigenvalue weighted by molar-refractivity contribution is 7.89. The molecule has 1 aliphatic rings. The zero-order valence-corrected chi connectivity index (χ0v) is 21.6. The van der Waals surface area contributed by atoms with Gasteiger partial charge in [-0.25, -0.2) is 18.4 Å². The number of aliphatic hydroxyl groups excluding tert-OH is 1. The summed E-state index contributed by atoms with van der Waals surface area (Å²) < 4.78 is 35.2. The monoisotopic (exact) mass is 513 g/mol. The topological polar surface area (TPSA) is 118 Å². The predicted octanol–water partition coefficient (Wildman–Crippen LogP) is 2.02. The molecule has 0 bridgehead atoms. The molecule has 0 saturated carbocycles. The van der Waals surface area contributed by atoms with E-state index in [0.29, 0.717) is 0 Å². The average Bonchev–Trinajstić information content (AvgIpc) is 3.33. The molecular weight excluding hydrogens is 482 g/mol. The summed E-state index contributed by atoms with van der Waals surface area (Å²) in [5, 5.41) is 9.79. The number of hydrogen-bond acceptors (Lipinski definition) is 7. The van der Waals surface area contributed by atoms with Gasteiger partial charge in [0.25, 0.3) is 15.9 Å². The lowest BCUT2D eigenvalue weighted by Crippen LogP contribution is -2.50. The fourth-order valence-corrected chi connectivity index (χ4v) is 5.28. The molecule has 0 saturated heterocycles. The number of benzene rings is 1. The normalized spacial score (nSPS) is 19.4. The molecule has 36 heavy (non-hydrogen) atoms. The van der Waals surface area contributed by atoms with Gasteiger partial charge in [0.2, 0.25) is 5.88 Å². The number of carbonyl (C=O) groups is 1. The fraction of sp³-hybridized carbons (Fsp3) is 0.400. The summed E-state index contributed by atoms with van der Waals surface area (Å²) in [7, 11) is -0.669. The minimum Gasteiger partial charge on any atom is -0.472 e. The first-order valence-electron chi connectivity index (χ1n) is 11.7. The van der Waals surface area contributed by atoms with E-state index in [1.807, 2.05) is 37.3 Å². The Bertz CT molecular complexity index is 1330. The Labute approximate surface area is 211 Å². The highest BCUT2D eigenvalue weighted by Gasteiger charge is 2.36. The summed E-state index contributed by atoms with van der Waals surface area (Å²) in [6, 6.07) is 10.9. The predicted molar refractivity (Wildman–Crippen MR) is 134 cm³/mol. The van der Waals surface area contributed by atoms with Crippen molar-refractivity contribution in [3.63, 3.8) is 0 Å². The molecule has 1 aromatic carbocycles. The molecule has 192 valence electrons. The third-order valence-corrected chi connectivity index (χ3v) is 8.13. The van der Waals surface area contributed by atoms with Crippen molar-refractivity contribution < 1.29 is 23.1 Å². The first-order chi connectivity index (χ1) is 17.1. The fourth-order valence-electron chi connectivity index (χ4n) is 4.14. The summed E-state index contributed by atoms with van der Waals surface area (Å²) in [5.41, 5.74) is 1.92. The van der Waals surface area contributed by atoms with E-state index in [-0.39, 0.29) is 48.0 Å². The number of nitrogens with zero attached hydrogens (tertiary/aromatic N) is 5. The van der Waals surface area contributed by atoms with Gasteiger partial charge in [0.15, 0.2) is 5.03 Å². The van der Waals surface area contributed by atoms with E-state index in [4.69, 9.17) is 4.74 Å². The quantitative estimate of drug-likeness (QED) is 0.514. The molecule has 0 radical (unpaired) electrons. The number of likely N-dealkylation sites (N-methyl/N-ethyl adjacent to an activating group) is 1. The molecule has 2 aromatic heterocycles. The number of hydrogen-bond donors (Lipinski definition) is 1. The van der Waals surface area contributed by atoms with Crippen molar-refractivity contribution in [2.45, 2.75) is 31.0 Å². The van der Waals surface area contributed by atoms with Crippen molar-refractivity contribution in [3.8, 4) is 17.0 Å². The summed E-state index contributed by atoms with van der Waals surface area (Å²) in [6.45, 7) is 3.75. The number of amides is 1. The molecule has 0 spiro atoms. The van der Waals surface area contributed by atoms with Crippen LogP contribution in [0.1, 0.15) is 24.2 Å². The number of imidazole rings is 1. The number of carbonyl (C=O) groups excluding carboxylic acids is 1. The van der Waals surface area contributed by atoms with Crippen molar-refractivity contribution in [1.82, 2.24) is 23.7 Å². The van der Waals surface area contributed by atoms with E-state index in [2.05, 4.69) is 9.97 Å². The standard InChI is InChI=1S/C25H31N5O5S/c1-17-12-30(18(2)15-31)25(32)21-10-20(19-8-6-5-7-9-19)11-26-24(21)35-22(17)13-29(4)36(33,34)23-14-28(3)16-27-23/h5-11,14,16-18,22,31H,12-13,15H2,1-4H3/t17-,18+,22-/m0/s1. The van der Waals surface area contributed by atoms with Crippen LogP contribution in [0.4, 0.5) is 0 Å². The van der Waals surface area contributed by atoms with Gasteiger partial charge in [0.1, 0.15) is 11.7 Å². The van der Waals surface area contributed by atoms with Gasteiger partial charge in [-0.15, -0.1) is 0 Å². The number of pyridine rings is 1. The van der Waals surface area contributed by atoms with Gasteiger partial charge in [-0.2, -0.15) is 4.31 Å². The number of rotatable bonds is 7. The molecule has 1 aliphatic heterocycles. The van der Waals surface area contributed by atoms with E-state index in [9.17, 15) is 18.3 Å². The molecule has 1 amide bonds. The number of aromatic nitrogens is 3. The van der Waals surface area contributed by atoms with Crippen LogP contribution in [0, 0.1) is 5.92 Å². The second kappa shape index (κ2) is 10.4. The molecule has 3 aromatic rings. The summed E-state index contributed by atoms with van der Waals surface area (Å²) >= 11 is 0. The molecule has 4 rings (SSSR count). The molecule has 0 fully saturated rings. The van der Waals surface area contributed by atoms with Crippen LogP contribution in [-0.2, 0) is 17.1 Å². The average molecular weight is 514 g/mol. The van der Waals surface area contributed by atoms with Crippen molar-refractivity contribution in [2.24, 2.45) is 13.0 Å². The van der Waals surface area contributed by atoms with Crippen LogP contribution in [0.15, 0.2) is 60.1 Å². The van der Waals surface area contributed by atoms with Crippen LogP contribution in [-0.4, -0.2) is 82.1 Å². The largest absolute Gasteiger partial charge is 0.472 e. The molecule has 0 aliphatic carbocycles. The Hall–Kier alpha value is -3.28. The number of aryl methyl sites for hydroxylation is 1. The first-order valence-corrected chi connectivity index (χ1v) is 13.1. The van der Waals surface area contributed by atoms with Crippen molar-refractivity contribution in [3.05, 3.63) is 60.7 Å². The van der Waals surface area contributed by atoms with Crippen LogP contribution in [0.2, 0.25) is 0 Å². The molecule has 10 nitrogen and oxygen atoms in total. The molecule has 11 heteroatoms. The molecule has 0 unspecified atom stereocenters. The van der Waals surface area contributed by atoms with Crippen LogP contribution in [0.3, 0.4) is 0 Å². The van der Waals surface area contributed by atoms with E-state index in [1.54, 1.807) is 35.7 Å². The molecule has 1 N–H and O–H groups in total. The maximum Gasteiger partial charge on any atom is 0.261 e. The van der Waals surface area contributed by atoms with Gasteiger partial charge in [0, 0.05) is 44.5 Å². The zero-order chi connectivity index (χ0) is 26.0. The number of ether oxygens (including phenoxy) is 1. The zero-order valence-electron chi connectivity index (χ0n) is 20.8. The van der Waals surface area contributed by atoms with Gasteiger partial charge in [0.05, 0.1) is 25.5 Å². The Morgan fingerprint density at radius 3 is 2.58 bits per heavy atom. The van der Waals surface area contributed by atoms with Crippen molar-refractivity contribution in [1.29, 1.82) is 0 Å². The maximum atomic E-state index is 13.6. The van der Waals surface area contributed by atoms with E-state index < -0.39 is 22.2 Å². The number of fused-ring (bicyclic) bond motifs is 1. The van der Waals surface area contributed by atoms with Gasteiger partial charge < -0.3 is 19.3 Å². The second-order valence-corrected chi connectivity index (χ2v) is 11.2. The van der Waals surface area contributed by atoms with Crippen LogP contribution < -0.4 is 4.74 Å². The number of aliphatic hydroxyl groups is 1. The van der Waals surface area contributed by atoms with Crippen LogP contribution in [0.25, 0.3) is 11.1 Å². The minimum atomic E-state index is -3.85. The Morgan fingerprint density at radius 2 is 1.94 bits per heavy atom. The van der Waals surface area contributed by atoms with E-state index in [0.717, 1.165) is 11.1 Å². The third-order valence-electron chi connectivity index (χ3n) is 6.42. The lowest BCUT2D eigenvalue weighted by Gasteiger charge is -2.37. The SMILES string of the molecule is C[C@H](CO)N1C[C@H](C)[C@H](CN(C)S(=O)(=O)c2cn(C)cn2)Oc2ncc(-c3ccccc3)cc2C1=O. The Balaban J connectivity index is 1.71. The lowest BCUT2D eigenvalue weighted by atomic mass is 9.99. The lowest BCUT2D eigenvalue weighted by molar-refractivity contribution is 0.0373. The Kier molecular flexibility index (Phi) is 7.43. The number of sulfonamides is 1. The minimum absolute atomic E-state index is 0.0250. The van der Waals surface area contributed by atoms with Crippen molar-refractivity contribution >= 4 is 15.9 Å². The van der Waals surface area contributed by atoms with Crippen LogP contribution in [0.5, 0.6) is 5.88 Å². The Morgan fingerprint density at radius 1 is 1.22 bits per heavy atom. The van der Waals surface area contributed by atoms with Gasteiger partial charge in [-0.3, -0.25) is 4.79 Å². The molecular formula is C25H31N5O5S. The van der Waals surface area contributed by atoms with Gasteiger partial charge >= 0.3 is 0 Å². The van der Waals surface area contributed by atoms with Crippen molar-refractivity contribution in [2.75, 3.05) is 26.7 Å². The van der Waals surface area contributed by atoms with Gasteiger partial charge in [-0.05, 0) is 18.6 Å².